The maximum atomic E-state index is 12.1. The normalized spacial score (nSPS) is 20.4. The van der Waals surface area contributed by atoms with E-state index in [1.807, 2.05) is 0 Å². The highest BCUT2D eigenvalue weighted by Crippen LogP contribution is 2.10. The largest absolute Gasteiger partial charge is 0.337 e. The summed E-state index contributed by atoms with van der Waals surface area (Å²) in [6.45, 7) is 3.00. The number of amides is 1. The van der Waals surface area contributed by atoms with Gasteiger partial charge in [0.2, 0.25) is 0 Å². The molecule has 1 aliphatic rings. The molecule has 1 aromatic rings. The number of aryl methyl sites for hydroxylation is 1. The monoisotopic (exact) mass is 235 g/mol. The van der Waals surface area contributed by atoms with Crippen molar-refractivity contribution in [2.24, 2.45) is 5.73 Å². The summed E-state index contributed by atoms with van der Waals surface area (Å²) in [7, 11) is 0. The van der Waals surface area contributed by atoms with E-state index in [1.54, 1.807) is 24.0 Å². The Morgan fingerprint density at radius 2 is 2.29 bits per heavy atom. The Balaban J connectivity index is 2.22. The number of nitrogens with one attached hydrogen (secondary N) is 1. The molecule has 1 amide bonds. The zero-order chi connectivity index (χ0) is 12.4. The fourth-order valence-corrected chi connectivity index (χ4v) is 2.11. The minimum absolute atomic E-state index is 0.0252. The van der Waals surface area contributed by atoms with Crippen LogP contribution in [-0.4, -0.2) is 34.9 Å². The van der Waals surface area contributed by atoms with Gasteiger partial charge < -0.3 is 15.6 Å². The van der Waals surface area contributed by atoms with Crippen molar-refractivity contribution >= 4 is 5.91 Å². The van der Waals surface area contributed by atoms with E-state index in [2.05, 4.69) is 4.98 Å². The zero-order valence-corrected chi connectivity index (χ0v) is 9.90. The first-order valence-electron chi connectivity index (χ1n) is 5.82. The Morgan fingerprint density at radius 1 is 1.53 bits per heavy atom. The quantitative estimate of drug-likeness (QED) is 0.732. The van der Waals surface area contributed by atoms with Crippen LogP contribution < -0.4 is 11.3 Å². The number of likely N-dealkylation sites (tertiary alicyclic amines) is 1. The van der Waals surface area contributed by atoms with E-state index in [9.17, 15) is 9.59 Å². The average molecular weight is 235 g/mol. The lowest BCUT2D eigenvalue weighted by atomic mass is 10.1. The maximum absolute atomic E-state index is 12.1. The molecule has 0 radical (unpaired) electrons. The third kappa shape index (κ3) is 2.55. The van der Waals surface area contributed by atoms with E-state index >= 15 is 0 Å². The van der Waals surface area contributed by atoms with Gasteiger partial charge in [-0.2, -0.15) is 0 Å². The second kappa shape index (κ2) is 4.71. The highest BCUT2D eigenvalue weighted by Gasteiger charge is 2.23. The predicted molar refractivity (Wildman–Crippen MR) is 64.9 cm³/mol. The summed E-state index contributed by atoms with van der Waals surface area (Å²) in [5.41, 5.74) is 6.45. The lowest BCUT2D eigenvalue weighted by Gasteiger charge is -2.30. The van der Waals surface area contributed by atoms with Crippen molar-refractivity contribution in [2.45, 2.75) is 25.8 Å². The van der Waals surface area contributed by atoms with Crippen molar-refractivity contribution in [3.05, 3.63) is 33.7 Å². The summed E-state index contributed by atoms with van der Waals surface area (Å²) in [5, 5.41) is 0. The Kier molecular flexibility index (Phi) is 3.28. The Hall–Kier alpha value is -1.62. The van der Waals surface area contributed by atoms with E-state index in [0.29, 0.717) is 13.1 Å². The number of pyridine rings is 1. The first-order chi connectivity index (χ1) is 8.08. The van der Waals surface area contributed by atoms with Gasteiger partial charge in [-0.15, -0.1) is 0 Å². The van der Waals surface area contributed by atoms with Gasteiger partial charge in [-0.3, -0.25) is 9.59 Å². The zero-order valence-electron chi connectivity index (χ0n) is 9.90. The van der Waals surface area contributed by atoms with Gasteiger partial charge in [0.1, 0.15) is 5.56 Å². The second-order valence-corrected chi connectivity index (χ2v) is 4.54. The van der Waals surface area contributed by atoms with Gasteiger partial charge in [-0.05, 0) is 31.9 Å². The van der Waals surface area contributed by atoms with Crippen LogP contribution in [0, 0.1) is 6.92 Å². The van der Waals surface area contributed by atoms with Gasteiger partial charge in [-0.1, -0.05) is 0 Å². The van der Waals surface area contributed by atoms with Crippen LogP contribution in [-0.2, 0) is 0 Å². The summed E-state index contributed by atoms with van der Waals surface area (Å²) in [4.78, 5) is 28.1. The third-order valence-electron chi connectivity index (χ3n) is 3.03. The summed E-state index contributed by atoms with van der Waals surface area (Å²) >= 11 is 0. The van der Waals surface area contributed by atoms with Gasteiger partial charge in [0.25, 0.3) is 11.5 Å². The molecular weight excluding hydrogens is 218 g/mol. The van der Waals surface area contributed by atoms with Crippen molar-refractivity contribution in [3.63, 3.8) is 0 Å². The van der Waals surface area contributed by atoms with Crippen LogP contribution in [0.2, 0.25) is 0 Å². The number of nitrogens with zero attached hydrogens (tertiary/aromatic N) is 1. The summed E-state index contributed by atoms with van der Waals surface area (Å²) in [6, 6.07) is 3.34. The summed E-state index contributed by atoms with van der Waals surface area (Å²) < 4.78 is 0. The van der Waals surface area contributed by atoms with Crippen molar-refractivity contribution in [3.8, 4) is 0 Å². The molecule has 0 aliphatic carbocycles. The number of aromatic amines is 1. The molecule has 5 nitrogen and oxygen atoms in total. The van der Waals surface area contributed by atoms with Crippen LogP contribution in [0.4, 0.5) is 0 Å². The number of nitrogens with two attached hydrogens (primary N) is 1. The molecule has 5 heteroatoms. The van der Waals surface area contributed by atoms with E-state index in [1.165, 1.54) is 0 Å². The molecule has 17 heavy (non-hydrogen) atoms. The molecule has 2 rings (SSSR count). The van der Waals surface area contributed by atoms with E-state index < -0.39 is 0 Å². The SMILES string of the molecule is Cc1ccc(C(=O)N2CCCC(N)C2)c(=O)[nH]1. The van der Waals surface area contributed by atoms with Crippen molar-refractivity contribution in [1.29, 1.82) is 0 Å². The van der Waals surface area contributed by atoms with E-state index in [-0.39, 0.29) is 23.1 Å². The number of H-pyrrole nitrogens is 1. The summed E-state index contributed by atoms with van der Waals surface area (Å²) in [6.07, 6.45) is 1.84. The van der Waals surface area contributed by atoms with Crippen LogP contribution in [0.25, 0.3) is 0 Å². The first kappa shape index (κ1) is 11.9. The van der Waals surface area contributed by atoms with Crippen LogP contribution in [0.3, 0.4) is 0 Å². The molecular formula is C12H17N3O2. The highest BCUT2D eigenvalue weighted by atomic mass is 16.2. The van der Waals surface area contributed by atoms with Crippen molar-refractivity contribution < 1.29 is 4.79 Å². The van der Waals surface area contributed by atoms with Crippen molar-refractivity contribution in [2.75, 3.05) is 13.1 Å². The lowest BCUT2D eigenvalue weighted by molar-refractivity contribution is 0.0707. The standard InChI is InChI=1S/C12H17N3O2/c1-8-4-5-10(11(16)14-8)12(17)15-6-2-3-9(13)7-15/h4-5,9H,2-3,6-7,13H2,1H3,(H,14,16). The van der Waals surface area contributed by atoms with Crippen LogP contribution in [0.1, 0.15) is 28.9 Å². The van der Waals surface area contributed by atoms with Crippen LogP contribution >= 0.6 is 0 Å². The third-order valence-corrected chi connectivity index (χ3v) is 3.03. The summed E-state index contributed by atoms with van der Waals surface area (Å²) in [5.74, 6) is -0.221. The molecule has 1 unspecified atom stereocenters. The molecule has 1 atom stereocenters. The van der Waals surface area contributed by atoms with Gasteiger partial charge in [0, 0.05) is 24.8 Å². The number of rotatable bonds is 1. The molecule has 0 aromatic carbocycles. The average Bonchev–Trinajstić information content (AvgIpc) is 2.28. The van der Waals surface area contributed by atoms with Crippen molar-refractivity contribution in [1.82, 2.24) is 9.88 Å². The van der Waals surface area contributed by atoms with Gasteiger partial charge >= 0.3 is 0 Å². The molecule has 1 aromatic heterocycles. The van der Waals surface area contributed by atoms with Gasteiger partial charge in [0.05, 0.1) is 0 Å². The first-order valence-corrected chi connectivity index (χ1v) is 5.82. The number of carbonyl (C=O) groups excluding carboxylic acids is 1. The molecule has 92 valence electrons. The number of hydrogen-bond donors (Lipinski definition) is 2. The number of aromatic nitrogens is 1. The molecule has 0 bridgehead atoms. The highest BCUT2D eigenvalue weighted by molar-refractivity contribution is 5.93. The van der Waals surface area contributed by atoms with Crippen LogP contribution in [0.15, 0.2) is 16.9 Å². The lowest BCUT2D eigenvalue weighted by Crippen LogP contribution is -2.46. The van der Waals surface area contributed by atoms with E-state index in [0.717, 1.165) is 18.5 Å². The second-order valence-electron chi connectivity index (χ2n) is 4.54. The predicted octanol–water partition coefficient (Wildman–Crippen LogP) is 0.247. The molecule has 0 spiro atoms. The maximum Gasteiger partial charge on any atom is 0.260 e. The molecule has 1 aliphatic heterocycles. The fourth-order valence-electron chi connectivity index (χ4n) is 2.11. The molecule has 3 N–H and O–H groups in total. The number of piperidine rings is 1. The minimum atomic E-state index is -0.325. The minimum Gasteiger partial charge on any atom is -0.337 e. The number of hydrogen-bond acceptors (Lipinski definition) is 3. The Bertz CT molecular complexity index is 481. The van der Waals surface area contributed by atoms with Gasteiger partial charge in [0.15, 0.2) is 0 Å². The molecule has 1 saturated heterocycles. The number of carbonyl (C=O) groups is 1. The van der Waals surface area contributed by atoms with Gasteiger partial charge in [-0.25, -0.2) is 0 Å². The molecule has 0 saturated carbocycles. The topological polar surface area (TPSA) is 79.2 Å². The molecule has 2 heterocycles. The van der Waals surface area contributed by atoms with E-state index in [4.69, 9.17) is 5.73 Å². The molecule has 1 fully saturated rings. The Morgan fingerprint density at radius 3 is 2.94 bits per heavy atom. The van der Waals surface area contributed by atoms with Crippen LogP contribution in [0.5, 0.6) is 0 Å². The fraction of sp³-hybridized carbons (Fsp3) is 0.500. The smallest absolute Gasteiger partial charge is 0.260 e. The Labute approximate surface area is 99.6 Å².